The van der Waals surface area contributed by atoms with Crippen LogP contribution in [0, 0.1) is 15.9 Å². The molecular weight excluding hydrogens is 503 g/mol. The van der Waals surface area contributed by atoms with Crippen molar-refractivity contribution in [3.8, 4) is 28.1 Å². The smallest absolute Gasteiger partial charge is 0.431 e. The summed E-state index contributed by atoms with van der Waals surface area (Å²) in [5, 5.41) is 14.0. The highest BCUT2D eigenvalue weighted by atomic mass is 19.1. The van der Waals surface area contributed by atoms with Gasteiger partial charge in [0.2, 0.25) is 5.95 Å². The number of nitrogens with one attached hydrogen (secondary N) is 1. The van der Waals surface area contributed by atoms with E-state index >= 15 is 0 Å². The van der Waals surface area contributed by atoms with Crippen molar-refractivity contribution in [3.05, 3.63) is 101 Å². The first-order valence-electron chi connectivity index (χ1n) is 12.5. The second kappa shape index (κ2) is 11.7. The third-order valence-electron chi connectivity index (χ3n) is 6.51. The minimum absolute atomic E-state index is 0.0320. The van der Waals surface area contributed by atoms with Crippen molar-refractivity contribution in [1.82, 2.24) is 9.97 Å². The molecule has 0 bridgehead atoms. The summed E-state index contributed by atoms with van der Waals surface area (Å²) in [6.07, 6.45) is 2.57. The molecule has 4 aromatic rings. The molecule has 0 aliphatic heterocycles. The molecule has 3 aromatic carbocycles. The Kier molecular flexibility index (Phi) is 7.72. The molecule has 0 atom stereocenters. The summed E-state index contributed by atoms with van der Waals surface area (Å²) in [4.78, 5) is 30.9. The van der Waals surface area contributed by atoms with Gasteiger partial charge in [-0.3, -0.25) is 10.1 Å². The first-order chi connectivity index (χ1) is 18.9. The molecule has 198 valence electrons. The van der Waals surface area contributed by atoms with E-state index in [-0.39, 0.29) is 29.3 Å². The van der Waals surface area contributed by atoms with Crippen molar-refractivity contribution < 1.29 is 23.6 Å². The fraction of sp³-hybridized carbons (Fsp3) is 0.207. The van der Waals surface area contributed by atoms with Gasteiger partial charge in [-0.05, 0) is 55.0 Å². The molecule has 1 saturated carbocycles. The third-order valence-corrected chi connectivity index (χ3v) is 6.51. The van der Waals surface area contributed by atoms with Crippen LogP contribution in [0.15, 0.2) is 85.1 Å². The quantitative estimate of drug-likeness (QED) is 0.121. The van der Waals surface area contributed by atoms with Crippen LogP contribution in [0.3, 0.4) is 0 Å². The van der Waals surface area contributed by atoms with Crippen molar-refractivity contribution in [3.63, 3.8) is 0 Å². The molecule has 1 fully saturated rings. The molecule has 1 aliphatic carbocycles. The second-order valence-corrected chi connectivity index (χ2v) is 9.18. The monoisotopic (exact) mass is 528 g/mol. The Morgan fingerprint density at radius 2 is 1.62 bits per heavy atom. The predicted octanol–water partition coefficient (Wildman–Crippen LogP) is 6.80. The molecular formula is C29H25FN4O5. The van der Waals surface area contributed by atoms with Gasteiger partial charge >= 0.3 is 6.16 Å². The van der Waals surface area contributed by atoms with Crippen LogP contribution in [0.25, 0.3) is 22.4 Å². The van der Waals surface area contributed by atoms with E-state index in [1.54, 1.807) is 0 Å². The number of benzene rings is 3. The highest BCUT2D eigenvalue weighted by Crippen LogP contribution is 2.29. The van der Waals surface area contributed by atoms with Gasteiger partial charge in [-0.25, -0.2) is 19.2 Å². The van der Waals surface area contributed by atoms with Crippen LogP contribution >= 0.6 is 0 Å². The molecule has 1 aromatic heterocycles. The lowest BCUT2D eigenvalue weighted by molar-refractivity contribution is -0.384. The number of rotatable bonds is 7. The Balaban J connectivity index is 1.16. The standard InChI is InChI=1S/C29H25FN4O5/c30-26-18-31-28(33-27(26)21-8-4-7-20(17-21)19-5-2-1-3-6-19)32-22-9-13-24(14-10-22)38-29(35)39-25-15-11-23(12-16-25)34(36)37/h1-8,11-12,15-18,22,24H,9-10,13-14H2,(H,31,32,33). The molecule has 1 aliphatic rings. The molecule has 0 radical (unpaired) electrons. The van der Waals surface area contributed by atoms with E-state index < -0.39 is 16.9 Å². The van der Waals surface area contributed by atoms with Crippen molar-refractivity contribution in [2.24, 2.45) is 0 Å². The van der Waals surface area contributed by atoms with E-state index in [9.17, 15) is 19.3 Å². The molecule has 0 unspecified atom stereocenters. The average Bonchev–Trinajstić information content (AvgIpc) is 2.96. The molecule has 5 rings (SSSR count). The minimum Gasteiger partial charge on any atom is -0.431 e. The normalized spacial score (nSPS) is 16.7. The summed E-state index contributed by atoms with van der Waals surface area (Å²) in [7, 11) is 0. The van der Waals surface area contributed by atoms with Gasteiger partial charge in [0.25, 0.3) is 5.69 Å². The molecule has 1 heterocycles. The number of carbonyl (C=O) groups is 1. The van der Waals surface area contributed by atoms with Gasteiger partial charge in [0.15, 0.2) is 5.82 Å². The van der Waals surface area contributed by atoms with Crippen LogP contribution in [-0.2, 0) is 4.74 Å². The summed E-state index contributed by atoms with van der Waals surface area (Å²) in [5.41, 5.74) is 2.77. The molecule has 9 nitrogen and oxygen atoms in total. The van der Waals surface area contributed by atoms with Crippen molar-refractivity contribution >= 4 is 17.8 Å². The molecule has 1 N–H and O–H groups in total. The SMILES string of the molecule is O=C(Oc1ccc([N+](=O)[O-])cc1)OC1CCC(Nc2ncc(F)c(-c3cccc(-c4ccccc4)c3)n2)CC1. The van der Waals surface area contributed by atoms with E-state index in [0.29, 0.717) is 37.2 Å². The lowest BCUT2D eigenvalue weighted by Crippen LogP contribution is -2.32. The van der Waals surface area contributed by atoms with E-state index in [4.69, 9.17) is 9.47 Å². The van der Waals surface area contributed by atoms with Gasteiger partial charge in [0.05, 0.1) is 11.1 Å². The van der Waals surface area contributed by atoms with Crippen molar-refractivity contribution in [2.45, 2.75) is 37.8 Å². The Morgan fingerprint density at radius 3 is 2.33 bits per heavy atom. The lowest BCUT2D eigenvalue weighted by atomic mass is 9.93. The van der Waals surface area contributed by atoms with E-state index in [1.165, 1.54) is 30.5 Å². The number of hydrogen-bond acceptors (Lipinski definition) is 8. The number of carbonyl (C=O) groups excluding carboxylic acids is 1. The van der Waals surface area contributed by atoms with Gasteiger partial charge in [-0.15, -0.1) is 0 Å². The molecule has 39 heavy (non-hydrogen) atoms. The second-order valence-electron chi connectivity index (χ2n) is 9.18. The van der Waals surface area contributed by atoms with Gasteiger partial charge in [-0.1, -0.05) is 48.5 Å². The maximum absolute atomic E-state index is 14.7. The van der Waals surface area contributed by atoms with Crippen LogP contribution in [0.5, 0.6) is 5.75 Å². The zero-order chi connectivity index (χ0) is 27.2. The summed E-state index contributed by atoms with van der Waals surface area (Å²) in [6, 6.07) is 22.6. The zero-order valence-corrected chi connectivity index (χ0v) is 20.8. The third kappa shape index (κ3) is 6.53. The number of aromatic nitrogens is 2. The number of halogens is 1. The first-order valence-corrected chi connectivity index (χ1v) is 12.5. The number of ether oxygens (including phenoxy) is 2. The predicted molar refractivity (Wildman–Crippen MR) is 143 cm³/mol. The van der Waals surface area contributed by atoms with E-state index in [1.807, 2.05) is 54.6 Å². The van der Waals surface area contributed by atoms with Gasteiger partial charge in [0.1, 0.15) is 17.5 Å². The molecule has 10 heteroatoms. The van der Waals surface area contributed by atoms with Crippen LogP contribution in [0.2, 0.25) is 0 Å². The van der Waals surface area contributed by atoms with E-state index in [2.05, 4.69) is 15.3 Å². The topological polar surface area (TPSA) is 116 Å². The largest absolute Gasteiger partial charge is 0.514 e. The van der Waals surface area contributed by atoms with Gasteiger partial charge in [0, 0.05) is 23.7 Å². The zero-order valence-electron chi connectivity index (χ0n) is 20.8. The summed E-state index contributed by atoms with van der Waals surface area (Å²) in [6.45, 7) is 0. The summed E-state index contributed by atoms with van der Waals surface area (Å²) in [5.74, 6) is -0.00705. The van der Waals surface area contributed by atoms with Crippen LogP contribution < -0.4 is 10.1 Å². The maximum atomic E-state index is 14.7. The highest BCUT2D eigenvalue weighted by molar-refractivity contribution is 5.72. The van der Waals surface area contributed by atoms with Crippen LogP contribution in [0.1, 0.15) is 25.7 Å². The number of nitro benzene ring substituents is 1. The summed E-state index contributed by atoms with van der Waals surface area (Å²) >= 11 is 0. The average molecular weight is 529 g/mol. The Morgan fingerprint density at radius 1 is 0.923 bits per heavy atom. The first kappa shape index (κ1) is 25.8. The highest BCUT2D eigenvalue weighted by Gasteiger charge is 2.25. The number of nitro groups is 1. The fourth-order valence-corrected chi connectivity index (χ4v) is 4.52. The Hall–Kier alpha value is -4.86. The number of anilines is 1. The van der Waals surface area contributed by atoms with Gasteiger partial charge in [-0.2, -0.15) is 0 Å². The summed E-state index contributed by atoms with van der Waals surface area (Å²) < 4.78 is 25.2. The molecule has 0 spiro atoms. The minimum atomic E-state index is -0.857. The van der Waals surface area contributed by atoms with Crippen molar-refractivity contribution in [1.29, 1.82) is 0 Å². The molecule has 0 amide bonds. The Bertz CT molecular complexity index is 1460. The van der Waals surface area contributed by atoms with E-state index in [0.717, 1.165) is 11.1 Å². The van der Waals surface area contributed by atoms with Gasteiger partial charge < -0.3 is 14.8 Å². The number of nitrogens with zero attached hydrogens (tertiary/aromatic N) is 3. The lowest BCUT2D eigenvalue weighted by Gasteiger charge is -2.28. The number of hydrogen-bond donors (Lipinski definition) is 1. The van der Waals surface area contributed by atoms with Crippen LogP contribution in [0.4, 0.5) is 20.8 Å². The number of non-ortho nitro benzene ring substituents is 1. The fourth-order valence-electron chi connectivity index (χ4n) is 4.52. The molecule has 0 saturated heterocycles. The van der Waals surface area contributed by atoms with Crippen molar-refractivity contribution in [2.75, 3.05) is 5.32 Å². The Labute approximate surface area is 223 Å². The van der Waals surface area contributed by atoms with Crippen LogP contribution in [-0.4, -0.2) is 33.2 Å². The maximum Gasteiger partial charge on any atom is 0.514 e.